The molecule has 1 saturated carbocycles. The van der Waals surface area contributed by atoms with E-state index in [9.17, 15) is 4.79 Å². The van der Waals surface area contributed by atoms with Gasteiger partial charge in [0.05, 0.1) is 0 Å². The SMILES string of the molecule is CC(N)CC(=O)N1CCSC2CCCCC21. The summed E-state index contributed by atoms with van der Waals surface area (Å²) in [4.78, 5) is 14.2. The van der Waals surface area contributed by atoms with Crippen LogP contribution >= 0.6 is 11.8 Å². The highest BCUT2D eigenvalue weighted by Crippen LogP contribution is 2.35. The first-order valence-corrected chi connectivity index (χ1v) is 7.40. The van der Waals surface area contributed by atoms with E-state index in [0.717, 1.165) is 12.3 Å². The molecule has 2 fully saturated rings. The Bertz CT molecular complexity index is 255. The molecule has 3 atom stereocenters. The minimum Gasteiger partial charge on any atom is -0.338 e. The number of fused-ring (bicyclic) bond motifs is 1. The number of nitrogens with two attached hydrogens (primary N) is 1. The maximum absolute atomic E-state index is 12.1. The van der Waals surface area contributed by atoms with Gasteiger partial charge in [0, 0.05) is 36.1 Å². The molecule has 1 heterocycles. The fourth-order valence-electron chi connectivity index (χ4n) is 2.80. The van der Waals surface area contributed by atoms with Gasteiger partial charge in [0.25, 0.3) is 0 Å². The summed E-state index contributed by atoms with van der Waals surface area (Å²) >= 11 is 2.06. The van der Waals surface area contributed by atoms with Gasteiger partial charge in [0.2, 0.25) is 5.91 Å². The molecule has 0 spiro atoms. The van der Waals surface area contributed by atoms with Gasteiger partial charge in [0.1, 0.15) is 0 Å². The summed E-state index contributed by atoms with van der Waals surface area (Å²) in [7, 11) is 0. The van der Waals surface area contributed by atoms with Crippen LogP contribution in [-0.2, 0) is 4.79 Å². The number of hydrogen-bond acceptors (Lipinski definition) is 3. The van der Waals surface area contributed by atoms with E-state index in [0.29, 0.717) is 17.7 Å². The summed E-state index contributed by atoms with van der Waals surface area (Å²) < 4.78 is 0. The lowest BCUT2D eigenvalue weighted by Gasteiger charge is -2.43. The van der Waals surface area contributed by atoms with Crippen molar-refractivity contribution in [1.29, 1.82) is 0 Å². The highest BCUT2D eigenvalue weighted by atomic mass is 32.2. The molecule has 2 N–H and O–H groups in total. The van der Waals surface area contributed by atoms with Crippen molar-refractivity contribution in [1.82, 2.24) is 4.90 Å². The highest BCUT2D eigenvalue weighted by Gasteiger charge is 2.36. The van der Waals surface area contributed by atoms with Crippen molar-refractivity contribution in [3.05, 3.63) is 0 Å². The lowest BCUT2D eigenvalue weighted by molar-refractivity contribution is -0.134. The summed E-state index contributed by atoms with van der Waals surface area (Å²) in [5.41, 5.74) is 5.72. The smallest absolute Gasteiger partial charge is 0.224 e. The minimum atomic E-state index is -0.0101. The maximum Gasteiger partial charge on any atom is 0.224 e. The standard InChI is InChI=1S/C12H22N2OS/c1-9(13)8-12(15)14-6-7-16-11-5-3-2-4-10(11)14/h9-11H,2-8,13H2,1H3. The van der Waals surface area contributed by atoms with Gasteiger partial charge in [-0.15, -0.1) is 0 Å². The van der Waals surface area contributed by atoms with Crippen LogP contribution in [-0.4, -0.2) is 40.4 Å². The van der Waals surface area contributed by atoms with Crippen molar-refractivity contribution >= 4 is 17.7 Å². The van der Waals surface area contributed by atoms with Gasteiger partial charge in [-0.2, -0.15) is 11.8 Å². The van der Waals surface area contributed by atoms with Crippen LogP contribution in [0, 0.1) is 0 Å². The van der Waals surface area contributed by atoms with E-state index in [4.69, 9.17) is 5.73 Å². The number of thioether (sulfide) groups is 1. The Hall–Kier alpha value is -0.220. The van der Waals surface area contributed by atoms with E-state index >= 15 is 0 Å². The molecular formula is C12H22N2OS. The van der Waals surface area contributed by atoms with Crippen LogP contribution in [0.4, 0.5) is 0 Å². The Morgan fingerprint density at radius 3 is 3.00 bits per heavy atom. The zero-order valence-corrected chi connectivity index (χ0v) is 10.8. The van der Waals surface area contributed by atoms with Gasteiger partial charge in [-0.05, 0) is 19.8 Å². The van der Waals surface area contributed by atoms with Crippen molar-refractivity contribution in [2.24, 2.45) is 5.73 Å². The number of amides is 1. The third kappa shape index (κ3) is 2.72. The van der Waals surface area contributed by atoms with Crippen molar-refractivity contribution in [2.45, 2.75) is 56.4 Å². The number of rotatable bonds is 2. The van der Waals surface area contributed by atoms with Crippen LogP contribution < -0.4 is 5.73 Å². The molecule has 0 radical (unpaired) electrons. The molecule has 1 aliphatic heterocycles. The summed E-state index contributed by atoms with van der Waals surface area (Å²) in [5, 5.41) is 0.694. The van der Waals surface area contributed by atoms with Crippen molar-refractivity contribution in [2.75, 3.05) is 12.3 Å². The first-order valence-electron chi connectivity index (χ1n) is 6.35. The molecule has 16 heavy (non-hydrogen) atoms. The molecule has 2 aliphatic rings. The topological polar surface area (TPSA) is 46.3 Å². The van der Waals surface area contributed by atoms with Crippen molar-refractivity contribution < 1.29 is 4.79 Å². The monoisotopic (exact) mass is 242 g/mol. The molecule has 1 amide bonds. The molecule has 2 rings (SSSR count). The average molecular weight is 242 g/mol. The second-order valence-corrected chi connectivity index (χ2v) is 6.38. The second kappa shape index (κ2) is 5.41. The summed E-state index contributed by atoms with van der Waals surface area (Å²) in [6.45, 7) is 2.84. The number of nitrogens with zero attached hydrogens (tertiary/aromatic N) is 1. The van der Waals surface area contributed by atoms with Gasteiger partial charge < -0.3 is 10.6 Å². The fourth-order valence-corrected chi connectivity index (χ4v) is 4.24. The second-order valence-electron chi connectivity index (χ2n) is 5.03. The molecule has 0 bridgehead atoms. The Morgan fingerprint density at radius 2 is 2.25 bits per heavy atom. The van der Waals surface area contributed by atoms with Gasteiger partial charge in [-0.1, -0.05) is 12.8 Å². The Kier molecular flexibility index (Phi) is 4.14. The predicted molar refractivity (Wildman–Crippen MR) is 68.5 cm³/mol. The molecule has 0 aromatic rings. The summed E-state index contributed by atoms with van der Waals surface area (Å²) in [6.07, 6.45) is 5.61. The van der Waals surface area contributed by atoms with Gasteiger partial charge >= 0.3 is 0 Å². The number of carbonyl (C=O) groups excluding carboxylic acids is 1. The molecule has 0 aromatic carbocycles. The molecule has 3 nitrogen and oxygen atoms in total. The Balaban J connectivity index is 1.99. The van der Waals surface area contributed by atoms with Crippen LogP contribution in [0.15, 0.2) is 0 Å². The summed E-state index contributed by atoms with van der Waals surface area (Å²) in [5.74, 6) is 1.37. The molecule has 1 aliphatic carbocycles. The van der Waals surface area contributed by atoms with Crippen LogP contribution in [0.1, 0.15) is 39.0 Å². The van der Waals surface area contributed by atoms with Crippen LogP contribution in [0.2, 0.25) is 0 Å². The molecule has 3 unspecified atom stereocenters. The van der Waals surface area contributed by atoms with E-state index in [1.54, 1.807) is 0 Å². The van der Waals surface area contributed by atoms with Crippen LogP contribution in [0.3, 0.4) is 0 Å². The van der Waals surface area contributed by atoms with Crippen molar-refractivity contribution in [3.63, 3.8) is 0 Å². The molecule has 0 aromatic heterocycles. The van der Waals surface area contributed by atoms with Gasteiger partial charge in [-0.3, -0.25) is 4.79 Å². The zero-order chi connectivity index (χ0) is 11.5. The van der Waals surface area contributed by atoms with E-state index in [1.807, 2.05) is 6.92 Å². The molecule has 92 valence electrons. The number of carbonyl (C=O) groups is 1. The third-order valence-corrected chi connectivity index (χ3v) is 4.95. The van der Waals surface area contributed by atoms with Crippen LogP contribution in [0.5, 0.6) is 0 Å². The Morgan fingerprint density at radius 1 is 1.50 bits per heavy atom. The quantitative estimate of drug-likeness (QED) is 0.800. The normalized spacial score (nSPS) is 32.0. The maximum atomic E-state index is 12.1. The molecule has 1 saturated heterocycles. The van der Waals surface area contributed by atoms with Gasteiger partial charge in [0.15, 0.2) is 0 Å². The lowest BCUT2D eigenvalue weighted by atomic mass is 9.93. The lowest BCUT2D eigenvalue weighted by Crippen LogP contribution is -2.52. The molecule has 4 heteroatoms. The van der Waals surface area contributed by atoms with E-state index in [2.05, 4.69) is 16.7 Å². The predicted octanol–water partition coefficient (Wildman–Crippen LogP) is 1.61. The molecular weight excluding hydrogens is 220 g/mol. The highest BCUT2D eigenvalue weighted by molar-refractivity contribution is 8.00. The fraction of sp³-hybridized carbons (Fsp3) is 0.917. The van der Waals surface area contributed by atoms with Crippen LogP contribution in [0.25, 0.3) is 0 Å². The number of hydrogen-bond donors (Lipinski definition) is 1. The largest absolute Gasteiger partial charge is 0.338 e. The van der Waals surface area contributed by atoms with E-state index in [1.165, 1.54) is 25.7 Å². The minimum absolute atomic E-state index is 0.0101. The average Bonchev–Trinajstić information content (AvgIpc) is 2.27. The third-order valence-electron chi connectivity index (χ3n) is 3.55. The van der Waals surface area contributed by atoms with E-state index in [-0.39, 0.29) is 11.9 Å². The van der Waals surface area contributed by atoms with Gasteiger partial charge in [-0.25, -0.2) is 0 Å². The Labute approximate surface area is 102 Å². The van der Waals surface area contributed by atoms with Crippen molar-refractivity contribution in [3.8, 4) is 0 Å². The first kappa shape index (κ1) is 12.2. The first-order chi connectivity index (χ1) is 7.68. The van der Waals surface area contributed by atoms with E-state index < -0.39 is 0 Å². The zero-order valence-electron chi connectivity index (χ0n) is 10.0. The summed E-state index contributed by atoms with van der Waals surface area (Å²) in [6, 6.07) is 0.489.